The quantitative estimate of drug-likeness (QED) is 0.660. The number of carbonyl (C=O) groups excluding carboxylic acids is 1. The highest BCUT2D eigenvalue weighted by atomic mass is 16.5. The van der Waals surface area contributed by atoms with E-state index in [0.717, 1.165) is 25.9 Å². The Hall–Kier alpha value is -1.88. The van der Waals surface area contributed by atoms with Crippen LogP contribution in [0.15, 0.2) is 24.3 Å². The maximum absolute atomic E-state index is 12.6. The van der Waals surface area contributed by atoms with Gasteiger partial charge in [0.1, 0.15) is 0 Å². The van der Waals surface area contributed by atoms with Crippen LogP contribution in [0.1, 0.15) is 49.7 Å². The first kappa shape index (κ1) is 19.4. The Kier molecular flexibility index (Phi) is 7.92. The van der Waals surface area contributed by atoms with Crippen LogP contribution in [0.25, 0.3) is 0 Å². The minimum absolute atomic E-state index is 0.105. The molecule has 1 saturated heterocycles. The largest absolute Gasteiger partial charge is 0.481 e. The number of nitrogens with zero attached hydrogens (tertiary/aromatic N) is 1. The number of carbonyl (C=O) groups is 2. The zero-order valence-corrected chi connectivity index (χ0v) is 15.1. The molecule has 1 unspecified atom stereocenters. The van der Waals surface area contributed by atoms with Gasteiger partial charge in [-0.25, -0.2) is 0 Å². The molecule has 2 rings (SSSR count). The van der Waals surface area contributed by atoms with Gasteiger partial charge in [-0.05, 0) is 44.6 Å². The molecule has 5 heteroatoms. The molecule has 1 heterocycles. The van der Waals surface area contributed by atoms with Crippen LogP contribution >= 0.6 is 0 Å². The molecule has 0 saturated carbocycles. The normalized spacial score (nSPS) is 16.8. The highest BCUT2D eigenvalue weighted by molar-refractivity contribution is 5.76. The van der Waals surface area contributed by atoms with Gasteiger partial charge in [0.25, 0.3) is 0 Å². The smallest absolute Gasteiger partial charge is 0.303 e. The predicted octanol–water partition coefficient (Wildman–Crippen LogP) is 3.19. The maximum atomic E-state index is 12.6. The number of amides is 1. The van der Waals surface area contributed by atoms with Gasteiger partial charge in [-0.15, -0.1) is 0 Å². The lowest BCUT2D eigenvalue weighted by molar-refractivity contribution is -0.137. The first-order chi connectivity index (χ1) is 12.0. The van der Waals surface area contributed by atoms with Gasteiger partial charge in [-0.1, -0.05) is 29.8 Å². The van der Waals surface area contributed by atoms with Crippen LogP contribution in [0.3, 0.4) is 0 Å². The molecule has 1 aliphatic heterocycles. The van der Waals surface area contributed by atoms with Gasteiger partial charge in [-0.2, -0.15) is 0 Å². The van der Waals surface area contributed by atoms with Gasteiger partial charge in [0.05, 0.1) is 6.10 Å². The summed E-state index contributed by atoms with van der Waals surface area (Å²) in [4.78, 5) is 25.1. The van der Waals surface area contributed by atoms with E-state index in [1.165, 1.54) is 11.1 Å². The van der Waals surface area contributed by atoms with Crippen LogP contribution in [0, 0.1) is 6.92 Å². The summed E-state index contributed by atoms with van der Waals surface area (Å²) in [6, 6.07) is 8.40. The SMILES string of the molecule is Cc1ccc(CCN(CC2CCCO2)C(=O)CCCCC(=O)O)cc1. The molecule has 0 spiro atoms. The molecule has 0 aliphatic carbocycles. The van der Waals surface area contributed by atoms with Crippen molar-refractivity contribution in [2.24, 2.45) is 0 Å². The van der Waals surface area contributed by atoms with E-state index in [0.29, 0.717) is 32.4 Å². The van der Waals surface area contributed by atoms with E-state index >= 15 is 0 Å². The number of rotatable bonds is 10. The zero-order valence-electron chi connectivity index (χ0n) is 15.1. The van der Waals surface area contributed by atoms with Crippen molar-refractivity contribution in [3.05, 3.63) is 35.4 Å². The molecule has 25 heavy (non-hydrogen) atoms. The van der Waals surface area contributed by atoms with Crippen molar-refractivity contribution < 1.29 is 19.4 Å². The van der Waals surface area contributed by atoms with Gasteiger partial charge < -0.3 is 14.7 Å². The zero-order chi connectivity index (χ0) is 18.1. The van der Waals surface area contributed by atoms with Crippen LogP contribution in [0.5, 0.6) is 0 Å². The summed E-state index contributed by atoms with van der Waals surface area (Å²) < 4.78 is 5.69. The predicted molar refractivity (Wildman–Crippen MR) is 96.5 cm³/mol. The molecule has 1 aromatic rings. The lowest BCUT2D eigenvalue weighted by Crippen LogP contribution is -2.38. The molecule has 1 N–H and O–H groups in total. The Labute approximate surface area is 150 Å². The van der Waals surface area contributed by atoms with E-state index in [-0.39, 0.29) is 18.4 Å². The van der Waals surface area contributed by atoms with Crippen LogP contribution < -0.4 is 0 Å². The Morgan fingerprint density at radius 2 is 1.92 bits per heavy atom. The standard InChI is InChI=1S/C20H29NO4/c1-16-8-10-17(11-9-16)12-13-21(15-18-5-4-14-25-18)19(22)6-2-3-7-20(23)24/h8-11,18H,2-7,12-15H2,1H3,(H,23,24). The van der Waals surface area contributed by atoms with Crippen LogP contribution in [-0.4, -0.2) is 47.7 Å². The van der Waals surface area contributed by atoms with Crippen molar-refractivity contribution in [3.63, 3.8) is 0 Å². The number of carboxylic acid groups (broad SMARTS) is 1. The van der Waals surface area contributed by atoms with E-state index in [1.807, 2.05) is 4.90 Å². The second-order valence-corrected chi connectivity index (χ2v) is 6.81. The van der Waals surface area contributed by atoms with E-state index in [4.69, 9.17) is 9.84 Å². The number of hydrogen-bond acceptors (Lipinski definition) is 3. The summed E-state index contributed by atoms with van der Waals surface area (Å²) in [5, 5.41) is 8.70. The molecule has 1 aliphatic rings. The molecule has 0 aromatic heterocycles. The van der Waals surface area contributed by atoms with Crippen LogP contribution in [0.2, 0.25) is 0 Å². The highest BCUT2D eigenvalue weighted by Gasteiger charge is 2.22. The molecule has 138 valence electrons. The Bertz CT molecular complexity index is 549. The van der Waals surface area contributed by atoms with Crippen molar-refractivity contribution in [2.75, 3.05) is 19.7 Å². The van der Waals surface area contributed by atoms with E-state index in [9.17, 15) is 9.59 Å². The summed E-state index contributed by atoms with van der Waals surface area (Å²) in [7, 11) is 0. The number of benzene rings is 1. The van der Waals surface area contributed by atoms with Crippen molar-refractivity contribution in [3.8, 4) is 0 Å². The van der Waals surface area contributed by atoms with Gasteiger partial charge >= 0.3 is 5.97 Å². The molecular weight excluding hydrogens is 318 g/mol. The fourth-order valence-corrected chi connectivity index (χ4v) is 3.08. The summed E-state index contributed by atoms with van der Waals surface area (Å²) >= 11 is 0. The first-order valence-corrected chi connectivity index (χ1v) is 9.21. The Balaban J connectivity index is 1.85. The van der Waals surface area contributed by atoms with Gasteiger partial charge in [0.2, 0.25) is 5.91 Å². The number of ether oxygens (including phenoxy) is 1. The molecule has 1 fully saturated rings. The number of aryl methyl sites for hydroxylation is 1. The van der Waals surface area contributed by atoms with Crippen molar-refractivity contribution in [1.29, 1.82) is 0 Å². The van der Waals surface area contributed by atoms with E-state index in [2.05, 4.69) is 31.2 Å². The molecular formula is C20H29NO4. The second-order valence-electron chi connectivity index (χ2n) is 6.81. The number of carboxylic acids is 1. The minimum atomic E-state index is -0.803. The monoisotopic (exact) mass is 347 g/mol. The van der Waals surface area contributed by atoms with Crippen LogP contribution in [0.4, 0.5) is 0 Å². The minimum Gasteiger partial charge on any atom is -0.481 e. The number of hydrogen-bond donors (Lipinski definition) is 1. The molecule has 1 atom stereocenters. The van der Waals surface area contributed by atoms with Crippen molar-refractivity contribution in [1.82, 2.24) is 4.90 Å². The molecule has 0 bridgehead atoms. The lowest BCUT2D eigenvalue weighted by Gasteiger charge is -2.25. The molecule has 0 radical (unpaired) electrons. The molecule has 5 nitrogen and oxygen atoms in total. The average molecular weight is 347 g/mol. The third-order valence-electron chi connectivity index (χ3n) is 4.62. The third kappa shape index (κ3) is 7.26. The van der Waals surface area contributed by atoms with Crippen LogP contribution in [-0.2, 0) is 20.7 Å². The van der Waals surface area contributed by atoms with E-state index < -0.39 is 5.97 Å². The lowest BCUT2D eigenvalue weighted by atomic mass is 10.1. The second kappa shape index (κ2) is 10.2. The summed E-state index contributed by atoms with van der Waals surface area (Å²) in [5.74, 6) is -0.698. The van der Waals surface area contributed by atoms with E-state index in [1.54, 1.807) is 0 Å². The van der Waals surface area contributed by atoms with Gasteiger partial charge in [0, 0.05) is 32.5 Å². The fraction of sp³-hybridized carbons (Fsp3) is 0.600. The van der Waals surface area contributed by atoms with Crippen molar-refractivity contribution >= 4 is 11.9 Å². The molecule has 1 amide bonds. The number of aliphatic carboxylic acids is 1. The summed E-state index contributed by atoms with van der Waals surface area (Å²) in [6.07, 6.45) is 4.74. The van der Waals surface area contributed by atoms with Gasteiger partial charge in [-0.3, -0.25) is 9.59 Å². The maximum Gasteiger partial charge on any atom is 0.303 e. The average Bonchev–Trinajstić information content (AvgIpc) is 3.09. The van der Waals surface area contributed by atoms with Crippen molar-refractivity contribution in [2.45, 2.75) is 58.0 Å². The Morgan fingerprint density at radius 1 is 1.20 bits per heavy atom. The summed E-state index contributed by atoms with van der Waals surface area (Å²) in [5.41, 5.74) is 2.45. The van der Waals surface area contributed by atoms with Gasteiger partial charge in [0.15, 0.2) is 0 Å². The third-order valence-corrected chi connectivity index (χ3v) is 4.62. The summed E-state index contributed by atoms with van der Waals surface area (Å²) in [6.45, 7) is 4.17. The number of unbranched alkanes of at least 4 members (excludes halogenated alkanes) is 1. The molecule has 1 aromatic carbocycles. The highest BCUT2D eigenvalue weighted by Crippen LogP contribution is 2.15. The topological polar surface area (TPSA) is 66.8 Å². The fourth-order valence-electron chi connectivity index (χ4n) is 3.08. The first-order valence-electron chi connectivity index (χ1n) is 9.21. The Morgan fingerprint density at radius 3 is 2.56 bits per heavy atom.